The van der Waals surface area contributed by atoms with Gasteiger partial charge in [-0.15, -0.1) is 6.58 Å². The number of rotatable bonds is 6. The number of carbonyl (C=O) groups is 1. The Hall–Kier alpha value is -3.58. The molecule has 2 bridgehead atoms. The topological polar surface area (TPSA) is 88.4 Å². The quantitative estimate of drug-likeness (QED) is 0.345. The van der Waals surface area contributed by atoms with E-state index in [-0.39, 0.29) is 29.2 Å². The van der Waals surface area contributed by atoms with Crippen molar-refractivity contribution < 1.29 is 9.72 Å². The molecule has 2 aromatic carbocycles. The van der Waals surface area contributed by atoms with E-state index in [1.54, 1.807) is 18.3 Å². The summed E-state index contributed by atoms with van der Waals surface area (Å²) in [5, 5.41) is 15.5. The summed E-state index contributed by atoms with van der Waals surface area (Å²) in [5.41, 5.74) is 2.09. The van der Waals surface area contributed by atoms with Gasteiger partial charge in [-0.1, -0.05) is 30.3 Å². The Morgan fingerprint density at radius 2 is 2.09 bits per heavy atom. The number of non-ortho nitro benzene ring substituents is 1. The Kier molecular flexibility index (Phi) is 5.64. The lowest BCUT2D eigenvalue weighted by atomic mass is 9.73. The first-order valence-electron chi connectivity index (χ1n) is 11.3. The first-order chi connectivity index (χ1) is 16.0. The largest absolute Gasteiger partial charge is 0.344 e. The van der Waals surface area contributed by atoms with Gasteiger partial charge in [-0.25, -0.2) is 0 Å². The van der Waals surface area contributed by atoms with E-state index in [2.05, 4.69) is 27.9 Å². The minimum atomic E-state index is -0.480. The van der Waals surface area contributed by atoms with Crippen molar-refractivity contribution in [3.8, 4) is 0 Å². The first kappa shape index (κ1) is 21.3. The lowest BCUT2D eigenvalue weighted by Crippen LogP contribution is -2.57. The summed E-state index contributed by atoms with van der Waals surface area (Å²) in [6.45, 7) is 5.95. The molecule has 7 nitrogen and oxygen atoms in total. The van der Waals surface area contributed by atoms with Crippen LogP contribution in [0.25, 0.3) is 10.9 Å². The van der Waals surface area contributed by atoms with Crippen LogP contribution in [-0.4, -0.2) is 39.8 Å². The van der Waals surface area contributed by atoms with Crippen molar-refractivity contribution in [1.29, 1.82) is 0 Å². The Morgan fingerprint density at radius 3 is 2.85 bits per heavy atom. The predicted octanol–water partition coefficient (Wildman–Crippen LogP) is 4.51. The number of nitrogens with zero attached hydrogens (tertiary/aromatic N) is 3. The van der Waals surface area contributed by atoms with E-state index in [9.17, 15) is 14.9 Å². The van der Waals surface area contributed by atoms with Crippen LogP contribution >= 0.6 is 0 Å². The molecule has 33 heavy (non-hydrogen) atoms. The van der Waals surface area contributed by atoms with Crippen molar-refractivity contribution in [2.24, 2.45) is 11.8 Å². The molecule has 4 heterocycles. The molecule has 5 atom stereocenters. The number of benzene rings is 2. The normalized spacial score (nSPS) is 24.8. The van der Waals surface area contributed by atoms with Gasteiger partial charge in [0.15, 0.2) is 0 Å². The highest BCUT2D eigenvalue weighted by atomic mass is 16.6. The van der Waals surface area contributed by atoms with Crippen molar-refractivity contribution in [1.82, 2.24) is 15.2 Å². The summed E-state index contributed by atoms with van der Waals surface area (Å²) in [4.78, 5) is 31.0. The lowest BCUT2D eigenvalue weighted by Gasteiger charge is -2.51. The maximum absolute atomic E-state index is 13.3. The fourth-order valence-corrected chi connectivity index (χ4v) is 5.48. The minimum absolute atomic E-state index is 0.0946. The van der Waals surface area contributed by atoms with E-state index in [4.69, 9.17) is 0 Å². The van der Waals surface area contributed by atoms with Gasteiger partial charge in [0, 0.05) is 41.9 Å². The highest BCUT2D eigenvalue weighted by Crippen LogP contribution is 2.42. The number of carbonyl (C=O) groups excluding carboxylic acids is 1. The smallest absolute Gasteiger partial charge is 0.270 e. The summed E-state index contributed by atoms with van der Waals surface area (Å²) < 4.78 is 0. The third-order valence-corrected chi connectivity index (χ3v) is 7.16. The second kappa shape index (κ2) is 8.75. The number of piperidine rings is 3. The predicted molar refractivity (Wildman–Crippen MR) is 127 cm³/mol. The molecule has 3 aromatic rings. The Bertz CT molecular complexity index is 1220. The molecule has 0 spiro atoms. The number of amides is 1. The minimum Gasteiger partial charge on any atom is -0.344 e. The van der Waals surface area contributed by atoms with Crippen LogP contribution in [0.1, 0.15) is 34.8 Å². The average molecular weight is 443 g/mol. The number of para-hydroxylation sites is 1. The van der Waals surface area contributed by atoms with Crippen LogP contribution in [0.15, 0.2) is 73.4 Å². The van der Waals surface area contributed by atoms with Crippen LogP contribution in [-0.2, 0) is 0 Å². The monoisotopic (exact) mass is 442 g/mol. The van der Waals surface area contributed by atoms with Crippen LogP contribution in [0.3, 0.4) is 0 Å². The maximum Gasteiger partial charge on any atom is 0.270 e. The first-order valence-corrected chi connectivity index (χ1v) is 11.3. The Balaban J connectivity index is 1.53. The zero-order valence-corrected chi connectivity index (χ0v) is 18.3. The molecule has 0 saturated carbocycles. The van der Waals surface area contributed by atoms with Crippen LogP contribution in [0.5, 0.6) is 0 Å². The molecular weight excluding hydrogens is 416 g/mol. The molecule has 3 aliphatic heterocycles. The Morgan fingerprint density at radius 1 is 1.24 bits per heavy atom. The zero-order chi connectivity index (χ0) is 22.9. The highest BCUT2D eigenvalue weighted by Gasteiger charge is 2.43. The second-order valence-electron chi connectivity index (χ2n) is 8.92. The summed E-state index contributed by atoms with van der Waals surface area (Å²) in [6, 6.07) is 15.7. The molecule has 3 fully saturated rings. The molecule has 1 unspecified atom stereocenters. The van der Waals surface area contributed by atoms with Crippen LogP contribution in [0.2, 0.25) is 0 Å². The van der Waals surface area contributed by atoms with Crippen molar-refractivity contribution >= 4 is 22.5 Å². The third-order valence-electron chi connectivity index (χ3n) is 7.16. The van der Waals surface area contributed by atoms with E-state index in [1.165, 1.54) is 12.1 Å². The van der Waals surface area contributed by atoms with E-state index < -0.39 is 4.92 Å². The lowest BCUT2D eigenvalue weighted by molar-refractivity contribution is -0.384. The summed E-state index contributed by atoms with van der Waals surface area (Å²) in [6.07, 6.45) is 5.95. The van der Waals surface area contributed by atoms with Gasteiger partial charge in [-0.3, -0.25) is 24.8 Å². The van der Waals surface area contributed by atoms with Gasteiger partial charge >= 0.3 is 0 Å². The molecule has 1 N–H and O–H groups in total. The van der Waals surface area contributed by atoms with Gasteiger partial charge in [0.25, 0.3) is 11.6 Å². The fourth-order valence-electron chi connectivity index (χ4n) is 5.48. The molecule has 0 radical (unpaired) electrons. The van der Waals surface area contributed by atoms with E-state index in [0.29, 0.717) is 11.8 Å². The summed E-state index contributed by atoms with van der Waals surface area (Å²) in [5.74, 6) is 0.702. The molecule has 3 aliphatic rings. The number of hydrogen-bond donors (Lipinski definition) is 1. The van der Waals surface area contributed by atoms with Crippen LogP contribution in [0, 0.1) is 22.0 Å². The molecular formula is C26H26N4O3. The van der Waals surface area contributed by atoms with Gasteiger partial charge in [0.05, 0.1) is 16.5 Å². The molecule has 1 amide bonds. The van der Waals surface area contributed by atoms with Crippen molar-refractivity contribution in [2.75, 3.05) is 13.1 Å². The highest BCUT2D eigenvalue weighted by molar-refractivity contribution is 5.95. The number of nitrogens with one attached hydrogen (secondary N) is 1. The standard InChI is InChI=1S/C26H26N4O3/c1-2-17-16-29-13-11-18(17)15-24(29)25(22-10-12-27-23-9-4-3-8-21(22)23)28-26(31)19-6-5-7-20(14-19)30(32)33/h2-10,12,14,17-18,24-25H,1,11,13,15-16H2,(H,28,31)/t17-,18-,24+,25-/m0/s1. The van der Waals surface area contributed by atoms with Crippen LogP contribution < -0.4 is 5.32 Å². The molecule has 168 valence electrons. The van der Waals surface area contributed by atoms with Gasteiger partial charge in [0.1, 0.15) is 0 Å². The van der Waals surface area contributed by atoms with Crippen LogP contribution in [0.4, 0.5) is 5.69 Å². The molecule has 1 aromatic heterocycles. The second-order valence-corrected chi connectivity index (χ2v) is 8.92. The average Bonchev–Trinajstić information content (AvgIpc) is 2.87. The van der Waals surface area contributed by atoms with E-state index in [1.807, 2.05) is 30.3 Å². The summed E-state index contributed by atoms with van der Waals surface area (Å²) in [7, 11) is 0. The van der Waals surface area contributed by atoms with E-state index >= 15 is 0 Å². The van der Waals surface area contributed by atoms with Gasteiger partial charge < -0.3 is 5.32 Å². The van der Waals surface area contributed by atoms with E-state index in [0.717, 1.165) is 42.4 Å². The van der Waals surface area contributed by atoms with Gasteiger partial charge in [-0.2, -0.15) is 0 Å². The van der Waals surface area contributed by atoms with Gasteiger partial charge in [-0.05, 0) is 55.0 Å². The molecule has 6 rings (SSSR count). The molecule has 7 heteroatoms. The number of nitro benzene ring substituents is 1. The molecule has 3 saturated heterocycles. The maximum atomic E-state index is 13.3. The Labute approximate surface area is 192 Å². The SMILES string of the molecule is C=C[C@H]1CN2CC[C@H]1C[C@@H]2[C@@H](NC(=O)c1cccc([N+](=O)[O-])c1)c1ccnc2ccccc12. The fraction of sp³-hybridized carbons (Fsp3) is 0.308. The summed E-state index contributed by atoms with van der Waals surface area (Å²) >= 11 is 0. The zero-order valence-electron chi connectivity index (χ0n) is 18.3. The van der Waals surface area contributed by atoms with Crippen molar-refractivity contribution in [3.63, 3.8) is 0 Å². The number of aromatic nitrogens is 1. The number of hydrogen-bond acceptors (Lipinski definition) is 5. The van der Waals surface area contributed by atoms with Gasteiger partial charge in [0.2, 0.25) is 0 Å². The number of pyridine rings is 1. The van der Waals surface area contributed by atoms with Crippen molar-refractivity contribution in [2.45, 2.75) is 24.9 Å². The number of fused-ring (bicyclic) bond motifs is 4. The third kappa shape index (κ3) is 4.00. The van der Waals surface area contributed by atoms with Crippen molar-refractivity contribution in [3.05, 3.63) is 94.7 Å². The molecule has 0 aliphatic carbocycles. The number of nitro groups is 1.